The van der Waals surface area contributed by atoms with E-state index < -0.39 is 17.5 Å². The highest BCUT2D eigenvalue weighted by molar-refractivity contribution is 6.34. The van der Waals surface area contributed by atoms with Crippen LogP contribution < -0.4 is 10.6 Å². The molecule has 5 rings (SSSR count). The summed E-state index contributed by atoms with van der Waals surface area (Å²) in [5.41, 5.74) is 4.19. The number of amides is 2. The Labute approximate surface area is 207 Å². The molecule has 1 saturated carbocycles. The van der Waals surface area contributed by atoms with Crippen LogP contribution in [0, 0.1) is 5.41 Å². The predicted molar refractivity (Wildman–Crippen MR) is 132 cm³/mol. The number of carbonyl (C=O) groups excluding carboxylic acids is 2. The fourth-order valence-corrected chi connectivity index (χ4v) is 4.76. The van der Waals surface area contributed by atoms with Gasteiger partial charge in [0.2, 0.25) is 5.91 Å². The largest absolute Gasteiger partial charge is 0.478 e. The molecule has 2 aliphatic carbocycles. The average Bonchev–Trinajstić information content (AvgIpc) is 3.59. The number of rotatable bonds is 7. The van der Waals surface area contributed by atoms with Gasteiger partial charge in [-0.15, -0.1) is 0 Å². The first-order valence-electron chi connectivity index (χ1n) is 11.3. The van der Waals surface area contributed by atoms with Crippen molar-refractivity contribution < 1.29 is 24.2 Å². The first-order valence-corrected chi connectivity index (χ1v) is 11.7. The Kier molecular flexibility index (Phi) is 5.94. The zero-order chi connectivity index (χ0) is 24.6. The van der Waals surface area contributed by atoms with Crippen molar-refractivity contribution in [2.45, 2.75) is 18.8 Å². The molecule has 0 aromatic heterocycles. The summed E-state index contributed by atoms with van der Waals surface area (Å²) in [5.74, 6) is -1.42. The Bertz CT molecular complexity index is 1290. The number of fused-ring (bicyclic) bond motifs is 3. The van der Waals surface area contributed by atoms with E-state index in [0.29, 0.717) is 18.5 Å². The monoisotopic (exact) mass is 490 g/mol. The SMILES string of the molecule is O=C(NCC1(C(=O)Nc2ccc(C(=O)O)cc2Cl)CC1)OCC1c2ccccc2-c2ccccc21. The fraction of sp³-hybridized carbons (Fsp3) is 0.222. The topological polar surface area (TPSA) is 105 Å². The molecule has 0 bridgehead atoms. The van der Waals surface area contributed by atoms with E-state index in [-0.39, 0.29) is 35.6 Å². The zero-order valence-corrected chi connectivity index (χ0v) is 19.5. The molecule has 3 N–H and O–H groups in total. The van der Waals surface area contributed by atoms with Gasteiger partial charge in [-0.3, -0.25) is 4.79 Å². The molecule has 1 fully saturated rings. The van der Waals surface area contributed by atoms with E-state index >= 15 is 0 Å². The number of nitrogens with one attached hydrogen (secondary N) is 2. The number of hydrogen-bond acceptors (Lipinski definition) is 4. The van der Waals surface area contributed by atoms with Crippen molar-refractivity contribution >= 4 is 35.3 Å². The third-order valence-corrected chi connectivity index (χ3v) is 7.03. The Morgan fingerprint density at radius 3 is 2.17 bits per heavy atom. The minimum atomic E-state index is -1.10. The second-order valence-electron chi connectivity index (χ2n) is 8.91. The molecule has 0 atom stereocenters. The van der Waals surface area contributed by atoms with Crippen molar-refractivity contribution in [3.8, 4) is 11.1 Å². The highest BCUT2D eigenvalue weighted by atomic mass is 35.5. The summed E-state index contributed by atoms with van der Waals surface area (Å²) >= 11 is 6.12. The van der Waals surface area contributed by atoms with E-state index in [1.807, 2.05) is 24.3 Å². The predicted octanol–water partition coefficient (Wildman–Crippen LogP) is 5.30. The minimum absolute atomic E-state index is 0.0334. The van der Waals surface area contributed by atoms with E-state index in [1.54, 1.807) is 0 Å². The molecule has 8 heteroatoms. The van der Waals surface area contributed by atoms with E-state index in [9.17, 15) is 14.4 Å². The number of carbonyl (C=O) groups is 3. The number of halogens is 1. The van der Waals surface area contributed by atoms with Crippen molar-refractivity contribution in [3.05, 3.63) is 88.4 Å². The standard InChI is InChI=1S/C27H23ClN2O5/c28-22-13-16(24(31)32)9-10-23(22)30-25(33)27(11-12-27)15-29-26(34)35-14-21-19-7-3-1-5-17(19)18-6-2-4-8-20(18)21/h1-10,13,21H,11-12,14-15H2,(H,29,34)(H,30,33)(H,31,32). The van der Waals surface area contributed by atoms with Gasteiger partial charge in [-0.25, -0.2) is 9.59 Å². The van der Waals surface area contributed by atoms with Crippen LogP contribution in [0.3, 0.4) is 0 Å². The minimum Gasteiger partial charge on any atom is -0.478 e. The summed E-state index contributed by atoms with van der Waals surface area (Å²) in [5, 5.41) is 14.7. The highest BCUT2D eigenvalue weighted by Gasteiger charge is 2.50. The number of anilines is 1. The maximum absolute atomic E-state index is 12.8. The lowest BCUT2D eigenvalue weighted by molar-refractivity contribution is -0.120. The molecule has 35 heavy (non-hydrogen) atoms. The average molecular weight is 491 g/mol. The van der Waals surface area contributed by atoms with Crippen LogP contribution in [-0.4, -0.2) is 36.2 Å². The summed E-state index contributed by atoms with van der Waals surface area (Å²) in [6.07, 6.45) is 0.662. The van der Waals surface area contributed by atoms with Gasteiger partial charge in [0.1, 0.15) is 6.61 Å². The molecule has 0 radical (unpaired) electrons. The van der Waals surface area contributed by atoms with Crippen LogP contribution in [0.4, 0.5) is 10.5 Å². The third kappa shape index (κ3) is 4.47. The zero-order valence-electron chi connectivity index (χ0n) is 18.7. The maximum Gasteiger partial charge on any atom is 0.407 e. The van der Waals surface area contributed by atoms with Gasteiger partial charge in [0.15, 0.2) is 0 Å². The highest BCUT2D eigenvalue weighted by Crippen LogP contribution is 2.47. The van der Waals surface area contributed by atoms with Gasteiger partial charge >= 0.3 is 12.1 Å². The van der Waals surface area contributed by atoms with E-state index in [1.165, 1.54) is 18.2 Å². The van der Waals surface area contributed by atoms with E-state index in [4.69, 9.17) is 21.4 Å². The second-order valence-corrected chi connectivity index (χ2v) is 9.32. The normalized spacial score (nSPS) is 15.0. The van der Waals surface area contributed by atoms with Crippen molar-refractivity contribution in [3.63, 3.8) is 0 Å². The van der Waals surface area contributed by atoms with Gasteiger partial charge in [-0.2, -0.15) is 0 Å². The van der Waals surface area contributed by atoms with Crippen LogP contribution in [0.1, 0.15) is 40.2 Å². The summed E-state index contributed by atoms with van der Waals surface area (Å²) in [6, 6.07) is 20.3. The fourth-order valence-electron chi connectivity index (χ4n) is 4.53. The second kappa shape index (κ2) is 9.07. The van der Waals surface area contributed by atoms with E-state index in [2.05, 4.69) is 34.9 Å². The van der Waals surface area contributed by atoms with Crippen LogP contribution in [0.2, 0.25) is 5.02 Å². The summed E-state index contributed by atoms with van der Waals surface area (Å²) in [7, 11) is 0. The Morgan fingerprint density at radius 1 is 0.971 bits per heavy atom. The molecule has 3 aromatic rings. The van der Waals surface area contributed by atoms with Gasteiger partial charge in [0, 0.05) is 12.5 Å². The lowest BCUT2D eigenvalue weighted by Gasteiger charge is -2.18. The van der Waals surface area contributed by atoms with Gasteiger partial charge in [-0.05, 0) is 53.3 Å². The van der Waals surface area contributed by atoms with Crippen molar-refractivity contribution in [2.75, 3.05) is 18.5 Å². The number of aromatic carboxylic acids is 1. The van der Waals surface area contributed by atoms with Crippen LogP contribution in [0.15, 0.2) is 66.7 Å². The first-order chi connectivity index (χ1) is 16.9. The van der Waals surface area contributed by atoms with E-state index in [0.717, 1.165) is 22.3 Å². The van der Waals surface area contributed by atoms with Crippen molar-refractivity contribution in [2.24, 2.45) is 5.41 Å². The van der Waals surface area contributed by atoms with Crippen LogP contribution >= 0.6 is 11.6 Å². The summed E-state index contributed by atoms with van der Waals surface area (Å²) in [6.45, 7) is 0.338. The Hall–Kier alpha value is -3.84. The molecule has 178 valence electrons. The Morgan fingerprint density at radius 2 is 1.60 bits per heavy atom. The number of ether oxygens (including phenoxy) is 1. The maximum atomic E-state index is 12.8. The first kappa shape index (κ1) is 22.9. The number of carboxylic acid groups (broad SMARTS) is 1. The molecular formula is C27H23ClN2O5. The molecule has 0 spiro atoms. The lowest BCUT2D eigenvalue weighted by atomic mass is 9.98. The van der Waals surface area contributed by atoms with Crippen LogP contribution in [0.5, 0.6) is 0 Å². The van der Waals surface area contributed by atoms with Gasteiger partial charge in [0.05, 0.1) is 21.7 Å². The number of carboxylic acids is 1. The van der Waals surface area contributed by atoms with Crippen molar-refractivity contribution in [1.82, 2.24) is 5.32 Å². The molecule has 0 unspecified atom stereocenters. The molecule has 0 saturated heterocycles. The Balaban J connectivity index is 1.17. The van der Waals surface area contributed by atoms with Crippen molar-refractivity contribution in [1.29, 1.82) is 0 Å². The quantitative estimate of drug-likeness (QED) is 0.417. The molecule has 0 aliphatic heterocycles. The van der Waals surface area contributed by atoms with Crippen LogP contribution in [-0.2, 0) is 9.53 Å². The number of alkyl carbamates (subject to hydrolysis) is 1. The van der Waals surface area contributed by atoms with Crippen LogP contribution in [0.25, 0.3) is 11.1 Å². The third-order valence-electron chi connectivity index (χ3n) is 6.71. The lowest BCUT2D eigenvalue weighted by Crippen LogP contribution is -2.37. The molecular weight excluding hydrogens is 468 g/mol. The molecule has 7 nitrogen and oxygen atoms in total. The molecule has 2 amide bonds. The number of benzene rings is 3. The molecule has 0 heterocycles. The van der Waals surface area contributed by atoms with Gasteiger partial charge in [-0.1, -0.05) is 60.1 Å². The summed E-state index contributed by atoms with van der Waals surface area (Å²) in [4.78, 5) is 36.4. The molecule has 2 aliphatic rings. The van der Waals surface area contributed by atoms with Gasteiger partial charge < -0.3 is 20.5 Å². The smallest absolute Gasteiger partial charge is 0.407 e. The number of hydrogen-bond donors (Lipinski definition) is 3. The molecule has 3 aromatic carbocycles. The summed E-state index contributed by atoms with van der Waals surface area (Å²) < 4.78 is 5.56. The van der Waals surface area contributed by atoms with Gasteiger partial charge in [0.25, 0.3) is 0 Å².